The molecule has 1 aliphatic carbocycles. The molecular formula is C28H24ClNO5. The molecule has 178 valence electrons. The molecule has 2 atom stereocenters. The lowest BCUT2D eigenvalue weighted by Gasteiger charge is -2.36. The number of fused-ring (bicyclic) bond motifs is 1. The molecule has 7 heteroatoms. The SMILES string of the molecule is COC(=O)C1=C(C)NC2=C(C(=O)C[C@@H](c3ccccc3Cl)C2)[C@H]1c1coc2ccc(C)cc2c1=O. The molecule has 2 aromatic carbocycles. The van der Waals surface area contributed by atoms with E-state index in [1.165, 1.54) is 13.4 Å². The fourth-order valence-corrected chi connectivity index (χ4v) is 5.51. The van der Waals surface area contributed by atoms with E-state index in [4.69, 9.17) is 20.8 Å². The van der Waals surface area contributed by atoms with E-state index in [1.807, 2.05) is 37.3 Å². The number of rotatable bonds is 3. The van der Waals surface area contributed by atoms with Gasteiger partial charge in [-0.25, -0.2) is 4.79 Å². The number of carbonyl (C=O) groups is 2. The van der Waals surface area contributed by atoms with Crippen LogP contribution in [0.5, 0.6) is 0 Å². The van der Waals surface area contributed by atoms with Crippen LogP contribution in [0, 0.1) is 6.92 Å². The number of dihydropyridines is 1. The zero-order chi connectivity index (χ0) is 24.9. The average molecular weight is 490 g/mol. The molecule has 0 unspecified atom stereocenters. The molecule has 1 aliphatic heterocycles. The van der Waals surface area contributed by atoms with Crippen LogP contribution >= 0.6 is 11.6 Å². The van der Waals surface area contributed by atoms with Crippen LogP contribution in [0.1, 0.15) is 48.3 Å². The van der Waals surface area contributed by atoms with Gasteiger partial charge in [-0.2, -0.15) is 0 Å². The van der Waals surface area contributed by atoms with Gasteiger partial charge in [-0.15, -0.1) is 0 Å². The van der Waals surface area contributed by atoms with Crippen LogP contribution < -0.4 is 10.7 Å². The monoisotopic (exact) mass is 489 g/mol. The second kappa shape index (κ2) is 8.86. The minimum Gasteiger partial charge on any atom is -0.466 e. The number of ether oxygens (including phenoxy) is 1. The quantitative estimate of drug-likeness (QED) is 0.503. The first-order chi connectivity index (χ1) is 16.8. The fourth-order valence-electron chi connectivity index (χ4n) is 5.22. The molecular weight excluding hydrogens is 466 g/mol. The Morgan fingerprint density at radius 2 is 1.86 bits per heavy atom. The van der Waals surface area contributed by atoms with E-state index < -0.39 is 11.9 Å². The Bertz CT molecular complexity index is 1510. The standard InChI is InChI=1S/C28H24ClNO5/c1-14-8-9-23-18(10-14)27(32)19(13-35-23)25-24(28(33)34-3)15(2)30-21-11-16(12-22(31)26(21)25)17-6-4-5-7-20(17)29/h4-10,13,16,25,30H,11-12H2,1-3H3/t16-,25-/m0/s1. The first-order valence-electron chi connectivity index (χ1n) is 11.4. The Morgan fingerprint density at radius 3 is 2.60 bits per heavy atom. The molecule has 1 N–H and O–H groups in total. The summed E-state index contributed by atoms with van der Waals surface area (Å²) in [4.78, 5) is 40.2. The van der Waals surface area contributed by atoms with Crippen LogP contribution in [0.25, 0.3) is 11.0 Å². The molecule has 0 radical (unpaired) electrons. The number of Topliss-reactive ketones (excluding diaryl/α,β-unsaturated/α-hetero) is 1. The molecule has 1 aromatic heterocycles. The highest BCUT2D eigenvalue weighted by Crippen LogP contribution is 2.46. The Morgan fingerprint density at radius 1 is 1.09 bits per heavy atom. The van der Waals surface area contributed by atoms with Gasteiger partial charge < -0.3 is 14.5 Å². The third-order valence-corrected chi connectivity index (χ3v) is 7.19. The fraction of sp³-hybridized carbons (Fsp3) is 0.250. The first-order valence-corrected chi connectivity index (χ1v) is 11.8. The molecule has 0 amide bonds. The van der Waals surface area contributed by atoms with Crippen LogP contribution in [0.2, 0.25) is 5.02 Å². The van der Waals surface area contributed by atoms with Crippen molar-refractivity contribution < 1.29 is 18.7 Å². The van der Waals surface area contributed by atoms with Crippen LogP contribution in [0.3, 0.4) is 0 Å². The first kappa shape index (κ1) is 23.1. The lowest BCUT2D eigenvalue weighted by molar-refractivity contribution is -0.136. The van der Waals surface area contributed by atoms with Gasteiger partial charge >= 0.3 is 5.97 Å². The predicted octanol–water partition coefficient (Wildman–Crippen LogP) is 5.29. The minimum atomic E-state index is -0.889. The summed E-state index contributed by atoms with van der Waals surface area (Å²) < 4.78 is 10.9. The Balaban J connectivity index is 1.70. The van der Waals surface area contributed by atoms with Crippen LogP contribution in [-0.4, -0.2) is 18.9 Å². The van der Waals surface area contributed by atoms with Crippen molar-refractivity contribution in [2.24, 2.45) is 0 Å². The minimum absolute atomic E-state index is 0.119. The number of esters is 1. The molecule has 3 aromatic rings. The normalized spacial score (nSPS) is 20.1. The zero-order valence-electron chi connectivity index (χ0n) is 19.6. The second-order valence-electron chi connectivity index (χ2n) is 9.05. The van der Waals surface area contributed by atoms with Crippen molar-refractivity contribution >= 4 is 34.3 Å². The number of allylic oxidation sites excluding steroid dienone is 3. The van der Waals surface area contributed by atoms with E-state index in [0.717, 1.165) is 11.1 Å². The summed E-state index contributed by atoms with van der Waals surface area (Å²) in [6.07, 6.45) is 2.10. The largest absolute Gasteiger partial charge is 0.466 e. The van der Waals surface area contributed by atoms with Crippen molar-refractivity contribution in [1.82, 2.24) is 5.32 Å². The summed E-state index contributed by atoms with van der Waals surface area (Å²) >= 11 is 6.43. The van der Waals surface area contributed by atoms with Gasteiger partial charge in [0.15, 0.2) is 11.2 Å². The third kappa shape index (κ3) is 3.88. The van der Waals surface area contributed by atoms with Crippen molar-refractivity contribution in [3.63, 3.8) is 0 Å². The number of aryl methyl sites for hydroxylation is 1. The maximum absolute atomic E-state index is 13.7. The van der Waals surface area contributed by atoms with E-state index in [2.05, 4.69) is 5.32 Å². The van der Waals surface area contributed by atoms with Crippen LogP contribution in [0.4, 0.5) is 0 Å². The summed E-state index contributed by atoms with van der Waals surface area (Å²) in [5, 5.41) is 4.27. The third-order valence-electron chi connectivity index (χ3n) is 6.84. The molecule has 0 saturated carbocycles. The molecule has 0 fully saturated rings. The van der Waals surface area contributed by atoms with Gasteiger partial charge in [-0.05, 0) is 49.9 Å². The van der Waals surface area contributed by atoms with Crippen molar-refractivity contribution in [2.75, 3.05) is 7.11 Å². The molecule has 5 rings (SSSR count). The second-order valence-corrected chi connectivity index (χ2v) is 9.46. The van der Waals surface area contributed by atoms with E-state index in [-0.39, 0.29) is 34.7 Å². The lowest BCUT2D eigenvalue weighted by Crippen LogP contribution is -2.37. The van der Waals surface area contributed by atoms with Crippen molar-refractivity contribution in [3.8, 4) is 0 Å². The maximum Gasteiger partial charge on any atom is 0.336 e. The molecule has 0 spiro atoms. The number of halogens is 1. The van der Waals surface area contributed by atoms with Gasteiger partial charge in [0.2, 0.25) is 0 Å². The molecule has 2 aliphatic rings. The van der Waals surface area contributed by atoms with Crippen molar-refractivity contribution in [1.29, 1.82) is 0 Å². The topological polar surface area (TPSA) is 85.6 Å². The Hall–Kier alpha value is -3.64. The van der Waals surface area contributed by atoms with E-state index >= 15 is 0 Å². The van der Waals surface area contributed by atoms with Crippen LogP contribution in [-0.2, 0) is 14.3 Å². The number of nitrogens with one attached hydrogen (secondary N) is 1. The summed E-state index contributed by atoms with van der Waals surface area (Å²) in [5.74, 6) is -1.76. The Kier molecular flexibility index (Phi) is 5.85. The number of ketones is 1. The van der Waals surface area contributed by atoms with E-state index in [9.17, 15) is 14.4 Å². The van der Waals surface area contributed by atoms with Crippen LogP contribution in [0.15, 0.2) is 80.5 Å². The molecule has 6 nitrogen and oxygen atoms in total. The number of hydrogen-bond acceptors (Lipinski definition) is 6. The van der Waals surface area contributed by atoms with Gasteiger partial charge in [-0.3, -0.25) is 9.59 Å². The average Bonchev–Trinajstić information content (AvgIpc) is 2.83. The lowest BCUT2D eigenvalue weighted by atomic mass is 9.72. The molecule has 35 heavy (non-hydrogen) atoms. The summed E-state index contributed by atoms with van der Waals surface area (Å²) in [7, 11) is 1.28. The number of benzene rings is 2. The molecule has 2 heterocycles. The Labute approximate surface area is 207 Å². The zero-order valence-corrected chi connectivity index (χ0v) is 20.4. The van der Waals surface area contributed by atoms with Gasteiger partial charge in [-0.1, -0.05) is 41.4 Å². The van der Waals surface area contributed by atoms with Crippen molar-refractivity contribution in [2.45, 2.75) is 38.5 Å². The highest BCUT2D eigenvalue weighted by Gasteiger charge is 2.42. The summed E-state index contributed by atoms with van der Waals surface area (Å²) in [6.45, 7) is 3.64. The summed E-state index contributed by atoms with van der Waals surface area (Å²) in [6, 6.07) is 12.8. The van der Waals surface area contributed by atoms with E-state index in [0.29, 0.717) is 39.4 Å². The number of methoxy groups -OCH3 is 1. The van der Waals surface area contributed by atoms with E-state index in [1.54, 1.807) is 19.1 Å². The van der Waals surface area contributed by atoms with Gasteiger partial charge in [0.05, 0.1) is 30.3 Å². The predicted molar refractivity (Wildman–Crippen MR) is 133 cm³/mol. The number of hydrogen-bond donors (Lipinski definition) is 1. The highest BCUT2D eigenvalue weighted by molar-refractivity contribution is 6.31. The maximum atomic E-state index is 13.7. The summed E-state index contributed by atoms with van der Waals surface area (Å²) in [5.41, 5.74) is 4.07. The van der Waals surface area contributed by atoms with Gasteiger partial charge in [0.1, 0.15) is 5.58 Å². The molecule has 0 saturated heterocycles. The van der Waals surface area contributed by atoms with Crippen molar-refractivity contribution in [3.05, 3.63) is 103 Å². The smallest absolute Gasteiger partial charge is 0.336 e. The number of carbonyl (C=O) groups excluding carboxylic acids is 2. The molecule has 0 bridgehead atoms. The van der Waals surface area contributed by atoms with Gasteiger partial charge in [0, 0.05) is 34.0 Å². The highest BCUT2D eigenvalue weighted by atomic mass is 35.5. The van der Waals surface area contributed by atoms with Gasteiger partial charge in [0.25, 0.3) is 0 Å².